The highest BCUT2D eigenvalue weighted by atomic mass is 35.5. The summed E-state index contributed by atoms with van der Waals surface area (Å²) < 4.78 is 0. The number of nitrogens with one attached hydrogen (secondary N) is 1. The lowest BCUT2D eigenvalue weighted by Crippen LogP contribution is -2.25. The van der Waals surface area contributed by atoms with Crippen molar-refractivity contribution in [3.05, 3.63) is 16.1 Å². The second-order valence-electron chi connectivity index (χ2n) is 3.36. The van der Waals surface area contributed by atoms with Gasteiger partial charge in [0.2, 0.25) is 5.91 Å². The molecule has 0 bridgehead atoms. The van der Waals surface area contributed by atoms with Gasteiger partial charge in [0.25, 0.3) is 0 Å². The van der Waals surface area contributed by atoms with Gasteiger partial charge in [0, 0.05) is 23.4 Å². The summed E-state index contributed by atoms with van der Waals surface area (Å²) in [5.41, 5.74) is 0. The number of aromatic nitrogens is 1. The average molecular weight is 247 g/mol. The predicted octanol–water partition coefficient (Wildman–Crippen LogP) is 2.65. The summed E-state index contributed by atoms with van der Waals surface area (Å²) >= 11 is 7.12. The molecule has 1 unspecified atom stereocenters. The second-order valence-corrected chi connectivity index (χ2v) is 5.01. The molecule has 1 aromatic heterocycles. The Morgan fingerprint density at radius 2 is 2.47 bits per heavy atom. The van der Waals surface area contributed by atoms with E-state index in [-0.39, 0.29) is 11.9 Å². The summed E-state index contributed by atoms with van der Waals surface area (Å²) in [6, 6.07) is 0.0408. The number of nitrogens with zero attached hydrogens (tertiary/aromatic N) is 1. The Morgan fingerprint density at radius 1 is 1.73 bits per heavy atom. The van der Waals surface area contributed by atoms with E-state index in [1.807, 2.05) is 20.0 Å². The molecule has 1 rings (SSSR count). The third kappa shape index (κ3) is 4.18. The zero-order chi connectivity index (χ0) is 11.3. The standard InChI is InChI=1S/C10H15ClN2OS/c1-7(9-6-12-8(2)15-9)13-10(14)4-3-5-11/h6-7H,3-5H2,1-2H3,(H,13,14). The topological polar surface area (TPSA) is 42.0 Å². The molecule has 1 aromatic rings. The van der Waals surface area contributed by atoms with E-state index in [0.29, 0.717) is 12.3 Å². The Labute approximate surface area is 98.9 Å². The number of thiazole rings is 1. The molecule has 0 radical (unpaired) electrons. The van der Waals surface area contributed by atoms with Gasteiger partial charge in [-0.25, -0.2) is 4.98 Å². The lowest BCUT2D eigenvalue weighted by molar-refractivity contribution is -0.121. The first kappa shape index (κ1) is 12.5. The molecule has 1 N–H and O–H groups in total. The number of rotatable bonds is 5. The Kier molecular flexibility index (Phi) is 5.05. The fraction of sp³-hybridized carbons (Fsp3) is 0.600. The number of carbonyl (C=O) groups excluding carboxylic acids is 1. The fourth-order valence-electron chi connectivity index (χ4n) is 1.19. The maximum Gasteiger partial charge on any atom is 0.220 e. The lowest BCUT2D eigenvalue weighted by Gasteiger charge is -2.10. The van der Waals surface area contributed by atoms with Gasteiger partial charge in [-0.1, -0.05) is 0 Å². The molecule has 1 atom stereocenters. The van der Waals surface area contributed by atoms with Crippen LogP contribution in [0.15, 0.2) is 6.20 Å². The van der Waals surface area contributed by atoms with Crippen molar-refractivity contribution in [1.82, 2.24) is 10.3 Å². The van der Waals surface area contributed by atoms with Crippen LogP contribution in [0.5, 0.6) is 0 Å². The van der Waals surface area contributed by atoms with E-state index in [1.165, 1.54) is 0 Å². The van der Waals surface area contributed by atoms with Gasteiger partial charge < -0.3 is 5.32 Å². The van der Waals surface area contributed by atoms with E-state index >= 15 is 0 Å². The molecular weight excluding hydrogens is 232 g/mol. The molecule has 0 saturated heterocycles. The van der Waals surface area contributed by atoms with Crippen molar-refractivity contribution >= 4 is 28.8 Å². The van der Waals surface area contributed by atoms with E-state index in [0.717, 1.165) is 16.3 Å². The molecule has 0 aromatic carbocycles. The largest absolute Gasteiger partial charge is 0.349 e. The molecule has 0 aliphatic rings. The maximum absolute atomic E-state index is 11.4. The van der Waals surface area contributed by atoms with Crippen molar-refractivity contribution in [2.45, 2.75) is 32.7 Å². The van der Waals surface area contributed by atoms with E-state index in [4.69, 9.17) is 11.6 Å². The highest BCUT2D eigenvalue weighted by Crippen LogP contribution is 2.19. The van der Waals surface area contributed by atoms with E-state index < -0.39 is 0 Å². The van der Waals surface area contributed by atoms with Crippen LogP contribution in [0, 0.1) is 6.92 Å². The molecule has 84 valence electrons. The van der Waals surface area contributed by atoms with Crippen LogP contribution in [-0.2, 0) is 4.79 Å². The summed E-state index contributed by atoms with van der Waals surface area (Å²) in [7, 11) is 0. The molecule has 0 spiro atoms. The van der Waals surface area contributed by atoms with Crippen LogP contribution in [0.3, 0.4) is 0 Å². The lowest BCUT2D eigenvalue weighted by atomic mass is 10.2. The van der Waals surface area contributed by atoms with Gasteiger partial charge in [-0.2, -0.15) is 0 Å². The zero-order valence-electron chi connectivity index (χ0n) is 8.92. The Balaban J connectivity index is 2.41. The predicted molar refractivity (Wildman–Crippen MR) is 63.4 cm³/mol. The number of hydrogen-bond donors (Lipinski definition) is 1. The number of halogens is 1. The van der Waals surface area contributed by atoms with Crippen molar-refractivity contribution in [1.29, 1.82) is 0 Å². The van der Waals surface area contributed by atoms with Crippen molar-refractivity contribution in [2.24, 2.45) is 0 Å². The minimum absolute atomic E-state index is 0.0408. The number of carbonyl (C=O) groups is 1. The van der Waals surface area contributed by atoms with Gasteiger partial charge in [-0.15, -0.1) is 22.9 Å². The van der Waals surface area contributed by atoms with Crippen LogP contribution >= 0.6 is 22.9 Å². The van der Waals surface area contributed by atoms with Gasteiger partial charge in [-0.3, -0.25) is 4.79 Å². The van der Waals surface area contributed by atoms with Crippen LogP contribution in [0.2, 0.25) is 0 Å². The summed E-state index contributed by atoms with van der Waals surface area (Å²) in [6.07, 6.45) is 3.03. The molecule has 1 heterocycles. The SMILES string of the molecule is Cc1ncc(C(C)NC(=O)CCCCl)s1. The summed E-state index contributed by atoms with van der Waals surface area (Å²) in [5.74, 6) is 0.579. The Hall–Kier alpha value is -0.610. The fourth-order valence-corrected chi connectivity index (χ4v) is 2.11. The first-order valence-electron chi connectivity index (χ1n) is 4.91. The molecular formula is C10H15ClN2OS. The molecule has 0 aliphatic heterocycles. The van der Waals surface area contributed by atoms with Gasteiger partial charge in [-0.05, 0) is 20.3 Å². The number of hydrogen-bond acceptors (Lipinski definition) is 3. The van der Waals surface area contributed by atoms with Gasteiger partial charge >= 0.3 is 0 Å². The highest BCUT2D eigenvalue weighted by molar-refractivity contribution is 7.11. The molecule has 0 aliphatic carbocycles. The number of aryl methyl sites for hydroxylation is 1. The molecule has 3 nitrogen and oxygen atoms in total. The second kappa shape index (κ2) is 6.08. The van der Waals surface area contributed by atoms with Crippen LogP contribution in [-0.4, -0.2) is 16.8 Å². The minimum Gasteiger partial charge on any atom is -0.349 e. The van der Waals surface area contributed by atoms with Crippen LogP contribution in [0.1, 0.15) is 35.7 Å². The summed E-state index contributed by atoms with van der Waals surface area (Å²) in [6.45, 7) is 3.92. The Bertz CT molecular complexity index is 327. The first-order chi connectivity index (χ1) is 7.13. The molecule has 0 saturated carbocycles. The summed E-state index contributed by atoms with van der Waals surface area (Å²) in [4.78, 5) is 16.6. The normalized spacial score (nSPS) is 12.5. The minimum atomic E-state index is 0.0408. The molecule has 5 heteroatoms. The zero-order valence-corrected chi connectivity index (χ0v) is 10.5. The van der Waals surface area contributed by atoms with Crippen molar-refractivity contribution in [2.75, 3.05) is 5.88 Å². The number of amides is 1. The van der Waals surface area contributed by atoms with Crippen LogP contribution < -0.4 is 5.32 Å². The van der Waals surface area contributed by atoms with Crippen molar-refractivity contribution < 1.29 is 4.79 Å². The molecule has 15 heavy (non-hydrogen) atoms. The van der Waals surface area contributed by atoms with Gasteiger partial charge in [0.05, 0.1) is 11.0 Å². The highest BCUT2D eigenvalue weighted by Gasteiger charge is 2.11. The monoisotopic (exact) mass is 246 g/mol. The third-order valence-corrected chi connectivity index (χ3v) is 3.34. The third-order valence-electron chi connectivity index (χ3n) is 1.98. The maximum atomic E-state index is 11.4. The van der Waals surface area contributed by atoms with E-state index in [2.05, 4.69) is 10.3 Å². The van der Waals surface area contributed by atoms with Crippen molar-refractivity contribution in [3.8, 4) is 0 Å². The van der Waals surface area contributed by atoms with Crippen molar-refractivity contribution in [3.63, 3.8) is 0 Å². The van der Waals surface area contributed by atoms with Gasteiger partial charge in [0.1, 0.15) is 0 Å². The number of alkyl halides is 1. The smallest absolute Gasteiger partial charge is 0.220 e. The van der Waals surface area contributed by atoms with E-state index in [1.54, 1.807) is 11.3 Å². The Morgan fingerprint density at radius 3 is 3.00 bits per heavy atom. The van der Waals surface area contributed by atoms with Crippen LogP contribution in [0.4, 0.5) is 0 Å². The summed E-state index contributed by atoms with van der Waals surface area (Å²) in [5, 5.41) is 3.94. The average Bonchev–Trinajstić information content (AvgIpc) is 2.61. The van der Waals surface area contributed by atoms with Gasteiger partial charge in [0.15, 0.2) is 0 Å². The van der Waals surface area contributed by atoms with Crippen LogP contribution in [0.25, 0.3) is 0 Å². The molecule has 1 amide bonds. The molecule has 0 fully saturated rings. The van der Waals surface area contributed by atoms with E-state index in [9.17, 15) is 4.79 Å². The first-order valence-corrected chi connectivity index (χ1v) is 6.26. The quantitative estimate of drug-likeness (QED) is 0.812.